The molecule has 0 N–H and O–H groups in total. The zero-order valence-electron chi connectivity index (χ0n) is 9.12. The molecule has 0 fully saturated rings. The maximum absolute atomic E-state index is 11.1. The number of esters is 1. The maximum Gasteiger partial charge on any atom is 0.329 e. The number of cyclic esters (lactones) is 1. The zero-order chi connectivity index (χ0) is 12.9. The molecular weight excluding hydrogens is 255 g/mol. The molecule has 1 rings (SSSR count). The van der Waals surface area contributed by atoms with Gasteiger partial charge in [0.25, 0.3) is 0 Å². The molecule has 1 aliphatic rings. The molecule has 0 aromatic rings. The molecule has 1 unspecified atom stereocenters. The largest absolute Gasteiger partial charge is 0.430 e. The minimum Gasteiger partial charge on any atom is -0.430 e. The van der Waals surface area contributed by atoms with Crippen LogP contribution in [0.2, 0.25) is 0 Å². The quantitative estimate of drug-likeness (QED) is 0.414. The average molecular weight is 267 g/mol. The summed E-state index contributed by atoms with van der Waals surface area (Å²) in [6.45, 7) is 4.38. The van der Waals surface area contributed by atoms with E-state index >= 15 is 0 Å². The minimum absolute atomic E-state index is 0.222. The van der Waals surface area contributed by atoms with E-state index in [0.717, 1.165) is 6.08 Å². The summed E-state index contributed by atoms with van der Waals surface area (Å²) in [5, 5.41) is 0. The lowest BCUT2D eigenvalue weighted by Gasteiger charge is -2.15. The second-order valence-corrected chi connectivity index (χ2v) is 4.67. The second kappa shape index (κ2) is 6.66. The Labute approximate surface area is 104 Å². The van der Waals surface area contributed by atoms with Gasteiger partial charge in [0.2, 0.25) is 0 Å². The van der Waals surface area contributed by atoms with E-state index in [0.29, 0.717) is 0 Å². The van der Waals surface area contributed by atoms with Crippen LogP contribution in [0.25, 0.3) is 0 Å². The number of allylic oxidation sites excluding steroid dienone is 2. The average Bonchev–Trinajstić information content (AvgIpc) is 1.98. The number of Topliss-reactive ketones (excluding diaryl/α,β-unsaturated/α-hetero) is 1. The number of rotatable bonds is 1. The number of carbonyl (C=O) groups excluding carboxylic acids is 3. The number of ether oxygens (including phenoxy) is 1. The van der Waals surface area contributed by atoms with Crippen LogP contribution >= 0.6 is 23.2 Å². The van der Waals surface area contributed by atoms with Crippen LogP contribution in [0.3, 0.4) is 0 Å². The van der Waals surface area contributed by atoms with Gasteiger partial charge in [-0.25, -0.2) is 0 Å². The lowest BCUT2D eigenvalue weighted by Crippen LogP contribution is -2.33. The zero-order valence-corrected chi connectivity index (χ0v) is 10.6. The summed E-state index contributed by atoms with van der Waals surface area (Å²) in [4.78, 5) is 32.6. The Morgan fingerprint density at radius 2 is 1.88 bits per heavy atom. The van der Waals surface area contributed by atoms with Gasteiger partial charge in [-0.2, -0.15) is 0 Å². The second-order valence-electron chi connectivity index (χ2n) is 3.14. The molecule has 0 amide bonds. The molecule has 0 radical (unpaired) electrons. The van der Waals surface area contributed by atoms with Gasteiger partial charge in [0.05, 0.1) is 0 Å². The van der Waals surface area contributed by atoms with Crippen LogP contribution in [-0.4, -0.2) is 22.4 Å². The Morgan fingerprint density at radius 1 is 1.44 bits per heavy atom. The minimum atomic E-state index is -1.24. The van der Waals surface area contributed by atoms with E-state index in [2.05, 4.69) is 4.74 Å². The van der Waals surface area contributed by atoms with Crippen LogP contribution < -0.4 is 0 Å². The summed E-state index contributed by atoms with van der Waals surface area (Å²) in [5.74, 6) is -2.74. The van der Waals surface area contributed by atoms with E-state index in [4.69, 9.17) is 23.2 Å². The van der Waals surface area contributed by atoms with Gasteiger partial charge in [-0.05, 0) is 20.8 Å². The van der Waals surface area contributed by atoms with Gasteiger partial charge in [-0.3, -0.25) is 14.4 Å². The van der Waals surface area contributed by atoms with Gasteiger partial charge in [0.15, 0.2) is 17.5 Å². The molecular formula is C10H12Cl2O4. The van der Waals surface area contributed by atoms with Crippen molar-refractivity contribution in [3.05, 3.63) is 11.8 Å². The third-order valence-electron chi connectivity index (χ3n) is 1.53. The first-order valence-electron chi connectivity index (χ1n) is 4.48. The highest BCUT2D eigenvalue weighted by Gasteiger charge is 2.34. The number of halogens is 2. The van der Waals surface area contributed by atoms with Gasteiger partial charge < -0.3 is 4.74 Å². The van der Waals surface area contributed by atoms with Crippen molar-refractivity contribution in [2.75, 3.05) is 0 Å². The highest BCUT2D eigenvalue weighted by atomic mass is 35.5. The molecule has 0 saturated carbocycles. The molecule has 0 aliphatic carbocycles. The van der Waals surface area contributed by atoms with Crippen molar-refractivity contribution in [3.8, 4) is 0 Å². The molecule has 0 spiro atoms. The lowest BCUT2D eigenvalue weighted by molar-refractivity contribution is -0.152. The van der Waals surface area contributed by atoms with Crippen LogP contribution in [0.5, 0.6) is 0 Å². The van der Waals surface area contributed by atoms with E-state index in [-0.39, 0.29) is 10.6 Å². The summed E-state index contributed by atoms with van der Waals surface area (Å²) in [6.07, 6.45) is 1.16. The van der Waals surface area contributed by atoms with E-state index in [9.17, 15) is 14.4 Å². The van der Waals surface area contributed by atoms with Crippen molar-refractivity contribution in [3.63, 3.8) is 0 Å². The van der Waals surface area contributed by atoms with Crippen molar-refractivity contribution in [1.82, 2.24) is 0 Å². The van der Waals surface area contributed by atoms with E-state index < -0.39 is 23.5 Å². The number of alkyl halides is 2. The predicted octanol–water partition coefficient (Wildman–Crippen LogP) is 2.03. The monoisotopic (exact) mass is 266 g/mol. The van der Waals surface area contributed by atoms with E-state index in [1.165, 1.54) is 13.8 Å². The number of hydrogen-bond donors (Lipinski definition) is 0. The fourth-order valence-electron chi connectivity index (χ4n) is 1.01. The summed E-state index contributed by atoms with van der Waals surface area (Å²) < 4.78 is 4.61. The van der Waals surface area contributed by atoms with Gasteiger partial charge in [-0.1, -0.05) is 0 Å². The summed E-state index contributed by atoms with van der Waals surface area (Å²) in [5.41, 5.74) is 0. The number of hydrogen-bond acceptors (Lipinski definition) is 4. The van der Waals surface area contributed by atoms with Crippen molar-refractivity contribution < 1.29 is 19.1 Å². The Hall–Kier alpha value is -0.870. The van der Waals surface area contributed by atoms with Crippen LogP contribution in [0, 0.1) is 5.92 Å². The Balaban J connectivity index is 0.000000487. The van der Waals surface area contributed by atoms with Crippen molar-refractivity contribution in [2.45, 2.75) is 25.6 Å². The summed E-state index contributed by atoms with van der Waals surface area (Å²) in [7, 11) is 0. The fraction of sp³-hybridized carbons (Fsp3) is 0.500. The SMILES string of the molecule is CC(=O)C1C(=O)C=C(C)OC1=O.CC(Cl)Cl. The smallest absolute Gasteiger partial charge is 0.329 e. The first-order valence-corrected chi connectivity index (χ1v) is 5.35. The maximum atomic E-state index is 11.1. The highest BCUT2D eigenvalue weighted by Crippen LogP contribution is 2.14. The Morgan fingerprint density at radius 3 is 2.19 bits per heavy atom. The molecule has 90 valence electrons. The van der Waals surface area contributed by atoms with Crippen molar-refractivity contribution >= 4 is 40.7 Å². The molecule has 6 heteroatoms. The molecule has 0 bridgehead atoms. The van der Waals surface area contributed by atoms with Gasteiger partial charge in [0.1, 0.15) is 10.6 Å². The van der Waals surface area contributed by atoms with Gasteiger partial charge >= 0.3 is 5.97 Å². The van der Waals surface area contributed by atoms with Crippen molar-refractivity contribution in [2.24, 2.45) is 5.92 Å². The summed E-state index contributed by atoms with van der Waals surface area (Å²) >= 11 is 10.1. The third kappa shape index (κ3) is 5.28. The fourth-order valence-corrected chi connectivity index (χ4v) is 1.01. The van der Waals surface area contributed by atoms with Crippen LogP contribution in [0.15, 0.2) is 11.8 Å². The first kappa shape index (κ1) is 15.1. The normalized spacial score (nSPS) is 19.6. The Bertz CT molecular complexity index is 331. The standard InChI is InChI=1S/C8H8O4.C2H4Cl2/c1-4-3-6(10)7(5(2)9)8(11)12-4;1-2(3)4/h3,7H,1-2H3;2H,1H3. The molecule has 0 saturated heterocycles. The lowest BCUT2D eigenvalue weighted by atomic mass is 9.98. The topological polar surface area (TPSA) is 60.4 Å². The van der Waals surface area contributed by atoms with Crippen molar-refractivity contribution in [1.29, 1.82) is 0 Å². The molecule has 0 aromatic heterocycles. The highest BCUT2D eigenvalue weighted by molar-refractivity contribution is 6.43. The third-order valence-corrected chi connectivity index (χ3v) is 1.53. The molecule has 1 atom stereocenters. The van der Waals surface area contributed by atoms with E-state index in [1.54, 1.807) is 6.92 Å². The van der Waals surface area contributed by atoms with Gasteiger partial charge in [-0.15, -0.1) is 23.2 Å². The first-order chi connectivity index (χ1) is 7.25. The molecule has 1 heterocycles. The Kier molecular flexibility index (Phi) is 6.29. The summed E-state index contributed by atoms with van der Waals surface area (Å²) in [6, 6.07) is 0. The predicted molar refractivity (Wildman–Crippen MR) is 60.2 cm³/mol. The van der Waals surface area contributed by atoms with Crippen LogP contribution in [-0.2, 0) is 19.1 Å². The molecule has 16 heavy (non-hydrogen) atoms. The van der Waals surface area contributed by atoms with Gasteiger partial charge in [0, 0.05) is 6.08 Å². The molecule has 0 aromatic carbocycles. The van der Waals surface area contributed by atoms with E-state index in [1.807, 2.05) is 0 Å². The number of carbonyl (C=O) groups is 3. The van der Waals surface area contributed by atoms with Crippen LogP contribution in [0.1, 0.15) is 20.8 Å². The van der Waals surface area contributed by atoms with Crippen LogP contribution in [0.4, 0.5) is 0 Å². The number of ketones is 2. The molecule has 4 nitrogen and oxygen atoms in total. The molecule has 1 aliphatic heterocycles.